The van der Waals surface area contributed by atoms with Gasteiger partial charge in [0.25, 0.3) is 0 Å². The summed E-state index contributed by atoms with van der Waals surface area (Å²) in [7, 11) is -0.909. The average molecular weight is 377 g/mol. The van der Waals surface area contributed by atoms with Gasteiger partial charge in [0, 0.05) is 45.6 Å². The van der Waals surface area contributed by atoms with Crippen molar-refractivity contribution in [1.29, 1.82) is 0 Å². The number of carbonyl (C=O) groups excluding carboxylic acids is 2. The SMILES string of the molecule is C[C@]12CCC3C(CC4=C5CC(=O)CC[C@@]53CS4=O)C1CCC2C(=O)CO. The zero-order valence-electron chi connectivity index (χ0n) is 15.5. The van der Waals surface area contributed by atoms with Crippen LogP contribution >= 0.6 is 0 Å². The Kier molecular flexibility index (Phi) is 3.73. The molecular formula is C21H28O4S. The molecule has 0 amide bonds. The number of hydrogen-bond donors (Lipinski definition) is 1. The average Bonchev–Trinajstić information content (AvgIpc) is 3.06. The molecule has 1 aliphatic heterocycles. The van der Waals surface area contributed by atoms with Gasteiger partial charge < -0.3 is 5.11 Å². The quantitative estimate of drug-likeness (QED) is 0.804. The number of rotatable bonds is 2. The molecule has 7 atom stereocenters. The fraction of sp³-hybridized carbons (Fsp3) is 0.810. The van der Waals surface area contributed by atoms with Gasteiger partial charge in [-0.25, -0.2) is 0 Å². The predicted octanol–water partition coefficient (Wildman–Crippen LogP) is 2.77. The lowest BCUT2D eigenvalue weighted by atomic mass is 9.47. The Bertz CT molecular complexity index is 755. The van der Waals surface area contributed by atoms with Crippen LogP contribution in [0.5, 0.6) is 0 Å². The van der Waals surface area contributed by atoms with Crippen molar-refractivity contribution in [3.8, 4) is 0 Å². The molecule has 3 saturated carbocycles. The van der Waals surface area contributed by atoms with E-state index in [-0.39, 0.29) is 29.1 Å². The summed E-state index contributed by atoms with van der Waals surface area (Å²) in [5, 5.41) is 9.41. The first kappa shape index (κ1) is 17.3. The van der Waals surface area contributed by atoms with E-state index in [1.807, 2.05) is 0 Å². The predicted molar refractivity (Wildman–Crippen MR) is 98.6 cm³/mol. The first-order chi connectivity index (χ1) is 12.4. The van der Waals surface area contributed by atoms with Crippen LogP contribution in [0.25, 0.3) is 0 Å². The lowest BCUT2D eigenvalue weighted by Gasteiger charge is -2.56. The Labute approximate surface area is 157 Å². The van der Waals surface area contributed by atoms with Crippen molar-refractivity contribution in [1.82, 2.24) is 0 Å². The second-order valence-corrected chi connectivity index (χ2v) is 11.1. The molecule has 1 N–H and O–H groups in total. The maximum Gasteiger partial charge on any atom is 0.161 e. The van der Waals surface area contributed by atoms with Crippen LogP contribution < -0.4 is 0 Å². The Morgan fingerprint density at radius 1 is 1.23 bits per heavy atom. The molecule has 142 valence electrons. The lowest BCUT2D eigenvalue weighted by molar-refractivity contribution is -0.133. The normalized spacial score (nSPS) is 49.6. The van der Waals surface area contributed by atoms with Gasteiger partial charge in [-0.05, 0) is 67.3 Å². The molecule has 5 rings (SSSR count). The maximum absolute atomic E-state index is 12.9. The fourth-order valence-corrected chi connectivity index (χ4v) is 9.92. The van der Waals surface area contributed by atoms with E-state index < -0.39 is 10.8 Å². The van der Waals surface area contributed by atoms with Crippen LogP contribution in [-0.2, 0) is 20.4 Å². The van der Waals surface area contributed by atoms with E-state index in [9.17, 15) is 18.9 Å². The first-order valence-corrected chi connectivity index (χ1v) is 11.5. The molecule has 4 aliphatic carbocycles. The topological polar surface area (TPSA) is 71.4 Å². The second kappa shape index (κ2) is 5.60. The van der Waals surface area contributed by atoms with E-state index in [0.717, 1.165) is 49.2 Å². The van der Waals surface area contributed by atoms with Crippen molar-refractivity contribution >= 4 is 22.4 Å². The van der Waals surface area contributed by atoms with Crippen molar-refractivity contribution in [2.24, 2.45) is 34.5 Å². The van der Waals surface area contributed by atoms with Gasteiger partial charge in [-0.1, -0.05) is 6.92 Å². The number of aliphatic hydroxyl groups excluding tert-OH is 1. The monoisotopic (exact) mass is 376 g/mol. The van der Waals surface area contributed by atoms with Gasteiger partial charge in [-0.2, -0.15) is 0 Å². The fourth-order valence-electron chi connectivity index (χ4n) is 7.81. The third kappa shape index (κ3) is 2.02. The number of allylic oxidation sites excluding steroid dienone is 2. The third-order valence-electron chi connectivity index (χ3n) is 8.94. The van der Waals surface area contributed by atoms with Crippen molar-refractivity contribution in [2.45, 2.75) is 58.3 Å². The van der Waals surface area contributed by atoms with Crippen LogP contribution in [0.4, 0.5) is 0 Å². The Morgan fingerprint density at radius 2 is 2.04 bits per heavy atom. The van der Waals surface area contributed by atoms with Crippen molar-refractivity contribution < 1.29 is 18.9 Å². The van der Waals surface area contributed by atoms with Gasteiger partial charge in [-0.15, -0.1) is 0 Å². The van der Waals surface area contributed by atoms with Gasteiger partial charge in [0.1, 0.15) is 12.4 Å². The molecule has 0 aromatic rings. The molecule has 0 aromatic heterocycles. The molecule has 5 aliphatic rings. The van der Waals surface area contributed by atoms with E-state index in [1.54, 1.807) is 0 Å². The summed E-state index contributed by atoms with van der Waals surface area (Å²) in [5.41, 5.74) is 1.26. The molecule has 0 spiro atoms. The molecule has 5 unspecified atom stereocenters. The summed E-state index contributed by atoms with van der Waals surface area (Å²) in [6.45, 7) is 1.93. The summed E-state index contributed by atoms with van der Waals surface area (Å²) in [6.07, 6.45) is 7.00. The number of Topliss-reactive ketones (excluding diaryl/α,β-unsaturated/α-hetero) is 2. The summed E-state index contributed by atoms with van der Waals surface area (Å²) in [6, 6.07) is 0. The van der Waals surface area contributed by atoms with Gasteiger partial charge in [0.2, 0.25) is 0 Å². The number of aliphatic hydroxyl groups is 1. The Morgan fingerprint density at radius 3 is 2.81 bits per heavy atom. The number of hydrogen-bond acceptors (Lipinski definition) is 4. The molecule has 1 heterocycles. The van der Waals surface area contributed by atoms with Gasteiger partial charge >= 0.3 is 0 Å². The zero-order chi connectivity index (χ0) is 18.3. The molecule has 4 nitrogen and oxygen atoms in total. The molecule has 0 radical (unpaired) electrons. The third-order valence-corrected chi connectivity index (χ3v) is 10.7. The minimum Gasteiger partial charge on any atom is -0.389 e. The van der Waals surface area contributed by atoms with E-state index in [4.69, 9.17) is 0 Å². The highest BCUT2D eigenvalue weighted by Crippen LogP contribution is 2.69. The summed E-state index contributed by atoms with van der Waals surface area (Å²) < 4.78 is 12.9. The molecule has 0 aromatic carbocycles. The largest absolute Gasteiger partial charge is 0.389 e. The number of carbonyl (C=O) groups is 2. The van der Waals surface area contributed by atoms with E-state index in [0.29, 0.717) is 36.4 Å². The molecule has 3 fully saturated rings. The van der Waals surface area contributed by atoms with Crippen LogP contribution in [0, 0.1) is 34.5 Å². The first-order valence-electron chi connectivity index (χ1n) is 10.2. The summed E-state index contributed by atoms with van der Waals surface area (Å²) >= 11 is 0. The van der Waals surface area contributed by atoms with E-state index in [1.165, 1.54) is 5.57 Å². The van der Waals surface area contributed by atoms with Crippen molar-refractivity contribution in [2.75, 3.05) is 12.4 Å². The summed E-state index contributed by atoms with van der Waals surface area (Å²) in [5.74, 6) is 2.59. The van der Waals surface area contributed by atoms with E-state index >= 15 is 0 Å². The molecule has 0 saturated heterocycles. The van der Waals surface area contributed by atoms with Crippen LogP contribution in [-0.4, -0.2) is 33.2 Å². The summed E-state index contributed by atoms with van der Waals surface area (Å²) in [4.78, 5) is 25.5. The highest BCUT2D eigenvalue weighted by Gasteiger charge is 2.64. The Hall–Kier alpha value is -0.810. The van der Waals surface area contributed by atoms with Gasteiger partial charge in [0.15, 0.2) is 5.78 Å². The molecule has 26 heavy (non-hydrogen) atoms. The van der Waals surface area contributed by atoms with Gasteiger partial charge in [0.05, 0.1) is 0 Å². The van der Waals surface area contributed by atoms with Crippen LogP contribution in [0.1, 0.15) is 58.3 Å². The van der Waals surface area contributed by atoms with Crippen LogP contribution in [0.3, 0.4) is 0 Å². The second-order valence-electron chi connectivity index (χ2n) is 9.64. The minimum atomic E-state index is -0.909. The number of ketones is 2. The molecule has 2 bridgehead atoms. The standard InChI is InChI=1S/C21H28O4S/c1-20-6-5-15-13(14(20)2-3-16(20)18(24)10-22)9-19-17-8-12(23)4-7-21(15,17)11-26(19)25/h13-16,22H,2-11H2,1H3/t13?,14?,15?,16?,20-,21-,26?/m0/s1. The van der Waals surface area contributed by atoms with Crippen LogP contribution in [0.15, 0.2) is 10.5 Å². The highest BCUT2D eigenvalue weighted by molar-refractivity contribution is 7.89. The molecule has 5 heteroatoms. The highest BCUT2D eigenvalue weighted by atomic mass is 32.2. The maximum atomic E-state index is 12.9. The smallest absolute Gasteiger partial charge is 0.161 e. The minimum absolute atomic E-state index is 0.0112. The van der Waals surface area contributed by atoms with Crippen molar-refractivity contribution in [3.05, 3.63) is 10.5 Å². The Balaban J connectivity index is 1.55. The van der Waals surface area contributed by atoms with E-state index in [2.05, 4.69) is 6.92 Å². The zero-order valence-corrected chi connectivity index (χ0v) is 16.3. The van der Waals surface area contributed by atoms with Crippen LogP contribution in [0.2, 0.25) is 0 Å². The van der Waals surface area contributed by atoms with Gasteiger partial charge in [-0.3, -0.25) is 13.8 Å². The number of fused-ring (bicyclic) bond motifs is 3. The molecular weight excluding hydrogens is 348 g/mol. The van der Waals surface area contributed by atoms with Crippen molar-refractivity contribution in [3.63, 3.8) is 0 Å². The lowest BCUT2D eigenvalue weighted by Crippen LogP contribution is -2.51.